The first-order chi connectivity index (χ1) is 22.4. The van der Waals surface area contributed by atoms with Gasteiger partial charge in [0, 0.05) is 18.9 Å². The SMILES string of the molecule is CCCCOc1nc(N)c2[nH]c(=O)n(CCCCN3CCC(C(C(=O)Cc4ccccc4)c4ccc(C(=O)OC)cc4)CC3)c2n1. The van der Waals surface area contributed by atoms with Crippen molar-refractivity contribution in [2.75, 3.05) is 39.1 Å². The second kappa shape index (κ2) is 15.7. The van der Waals surface area contributed by atoms with Gasteiger partial charge in [0.15, 0.2) is 11.5 Å². The number of ether oxygens (including phenoxy) is 2. The average Bonchev–Trinajstić information content (AvgIpc) is 3.39. The van der Waals surface area contributed by atoms with Crippen LogP contribution in [0.15, 0.2) is 59.4 Å². The number of fused-ring (bicyclic) bond motifs is 1. The molecule has 11 nitrogen and oxygen atoms in total. The molecule has 11 heteroatoms. The number of anilines is 1. The summed E-state index contributed by atoms with van der Waals surface area (Å²) < 4.78 is 12.1. The fraction of sp³-hybridized carbons (Fsp3) is 0.457. The van der Waals surface area contributed by atoms with Crippen LogP contribution in [0.25, 0.3) is 11.2 Å². The molecule has 3 N–H and O–H groups in total. The van der Waals surface area contributed by atoms with Crippen LogP contribution in [0, 0.1) is 5.92 Å². The number of nitrogens with one attached hydrogen (secondary N) is 1. The highest BCUT2D eigenvalue weighted by Gasteiger charge is 2.32. The Bertz CT molecular complexity index is 1660. The topological polar surface area (TPSA) is 145 Å². The maximum Gasteiger partial charge on any atom is 0.337 e. The van der Waals surface area contributed by atoms with Crippen LogP contribution in [0.1, 0.15) is 72.9 Å². The largest absolute Gasteiger partial charge is 0.465 e. The number of hydrogen-bond donors (Lipinski definition) is 2. The fourth-order valence-corrected chi connectivity index (χ4v) is 6.30. The van der Waals surface area contributed by atoms with E-state index in [-0.39, 0.29) is 41.1 Å². The Morgan fingerprint density at radius 3 is 2.41 bits per heavy atom. The molecule has 0 bridgehead atoms. The molecule has 1 saturated heterocycles. The van der Waals surface area contributed by atoms with Crippen molar-refractivity contribution < 1.29 is 19.1 Å². The monoisotopic (exact) mass is 628 g/mol. The van der Waals surface area contributed by atoms with Gasteiger partial charge in [0.25, 0.3) is 0 Å². The molecule has 2 aromatic carbocycles. The van der Waals surface area contributed by atoms with Gasteiger partial charge in [0.1, 0.15) is 11.3 Å². The number of aryl methyl sites for hydroxylation is 1. The number of aromatic nitrogens is 4. The van der Waals surface area contributed by atoms with Gasteiger partial charge in [-0.05, 0) is 80.9 Å². The number of carbonyl (C=O) groups excluding carboxylic acids is 2. The number of Topliss-reactive ketones (excluding diaryl/α,β-unsaturated/α-hetero) is 1. The summed E-state index contributed by atoms with van der Waals surface area (Å²) in [7, 11) is 1.36. The van der Waals surface area contributed by atoms with Crippen LogP contribution in [-0.2, 0) is 22.5 Å². The highest BCUT2D eigenvalue weighted by molar-refractivity contribution is 5.90. The molecule has 0 aliphatic carbocycles. The number of methoxy groups -OCH3 is 1. The highest BCUT2D eigenvalue weighted by atomic mass is 16.5. The number of nitrogen functional groups attached to an aromatic ring is 1. The Morgan fingerprint density at radius 2 is 1.72 bits per heavy atom. The first-order valence-electron chi connectivity index (χ1n) is 16.2. The van der Waals surface area contributed by atoms with Gasteiger partial charge in [-0.3, -0.25) is 9.36 Å². The predicted octanol–water partition coefficient (Wildman–Crippen LogP) is 4.76. The van der Waals surface area contributed by atoms with E-state index >= 15 is 0 Å². The van der Waals surface area contributed by atoms with Gasteiger partial charge in [0.2, 0.25) is 0 Å². The van der Waals surface area contributed by atoms with Crippen LogP contribution >= 0.6 is 0 Å². The molecule has 1 fully saturated rings. The van der Waals surface area contributed by atoms with E-state index in [2.05, 4.69) is 26.8 Å². The molecule has 244 valence electrons. The predicted molar refractivity (Wildman–Crippen MR) is 177 cm³/mol. The third-order valence-corrected chi connectivity index (χ3v) is 8.83. The summed E-state index contributed by atoms with van der Waals surface area (Å²) in [6.07, 6.45) is 5.77. The van der Waals surface area contributed by atoms with Gasteiger partial charge in [-0.2, -0.15) is 9.97 Å². The Hall–Kier alpha value is -4.51. The third kappa shape index (κ3) is 8.00. The molecule has 4 aromatic rings. The number of hydrogen-bond acceptors (Lipinski definition) is 9. The molecule has 1 aliphatic heterocycles. The second-order valence-corrected chi connectivity index (χ2v) is 12.0. The fourth-order valence-electron chi connectivity index (χ4n) is 6.30. The number of H-pyrrole nitrogens is 1. The number of esters is 1. The Kier molecular flexibility index (Phi) is 11.2. The Morgan fingerprint density at radius 1 is 1.00 bits per heavy atom. The molecule has 46 heavy (non-hydrogen) atoms. The van der Waals surface area contributed by atoms with Crippen molar-refractivity contribution in [1.82, 2.24) is 24.4 Å². The lowest BCUT2D eigenvalue weighted by atomic mass is 9.76. The zero-order chi connectivity index (χ0) is 32.5. The summed E-state index contributed by atoms with van der Waals surface area (Å²) in [5.41, 5.74) is 9.16. The summed E-state index contributed by atoms with van der Waals surface area (Å²) in [4.78, 5) is 52.3. The number of carbonyl (C=O) groups is 2. The molecular weight excluding hydrogens is 584 g/mol. The average molecular weight is 629 g/mol. The quantitative estimate of drug-likeness (QED) is 0.141. The van der Waals surface area contributed by atoms with E-state index in [4.69, 9.17) is 15.2 Å². The molecular formula is C35H44N6O5. The van der Waals surface area contributed by atoms with Gasteiger partial charge >= 0.3 is 17.7 Å². The number of likely N-dealkylation sites (tertiary alicyclic amines) is 1. The number of rotatable bonds is 15. The van der Waals surface area contributed by atoms with Gasteiger partial charge in [-0.1, -0.05) is 55.8 Å². The zero-order valence-corrected chi connectivity index (χ0v) is 26.7. The lowest BCUT2D eigenvalue weighted by molar-refractivity contribution is -0.121. The van der Waals surface area contributed by atoms with Crippen LogP contribution in [0.2, 0.25) is 0 Å². The molecule has 0 saturated carbocycles. The van der Waals surface area contributed by atoms with Crippen LogP contribution in [0.5, 0.6) is 6.01 Å². The number of aromatic amines is 1. The number of nitrogens with two attached hydrogens (primary N) is 1. The minimum atomic E-state index is -0.389. The summed E-state index contributed by atoms with van der Waals surface area (Å²) in [6.45, 7) is 5.79. The second-order valence-electron chi connectivity index (χ2n) is 12.0. The van der Waals surface area contributed by atoms with Gasteiger partial charge in [-0.25, -0.2) is 9.59 Å². The van der Waals surface area contributed by atoms with Crippen molar-refractivity contribution in [1.29, 1.82) is 0 Å². The van der Waals surface area contributed by atoms with Gasteiger partial charge in [0.05, 0.1) is 19.3 Å². The molecule has 2 aromatic heterocycles. The molecule has 0 radical (unpaired) electrons. The molecule has 0 amide bonds. The number of piperidine rings is 1. The molecule has 0 spiro atoms. The molecule has 1 aliphatic rings. The molecule has 3 heterocycles. The van der Waals surface area contributed by atoms with Crippen molar-refractivity contribution in [3.63, 3.8) is 0 Å². The Balaban J connectivity index is 1.18. The van der Waals surface area contributed by atoms with Gasteiger partial charge in [-0.15, -0.1) is 0 Å². The van der Waals surface area contributed by atoms with Crippen LogP contribution in [-0.4, -0.2) is 69.5 Å². The van der Waals surface area contributed by atoms with E-state index in [1.165, 1.54) is 7.11 Å². The normalized spacial score (nSPS) is 14.7. The van der Waals surface area contributed by atoms with E-state index < -0.39 is 0 Å². The number of unbranched alkanes of at least 4 members (excludes halogenated alkanes) is 2. The summed E-state index contributed by atoms with van der Waals surface area (Å²) in [5.74, 6) is -0.0217. The van der Waals surface area contributed by atoms with Crippen molar-refractivity contribution in [2.24, 2.45) is 5.92 Å². The smallest absolute Gasteiger partial charge is 0.337 e. The summed E-state index contributed by atoms with van der Waals surface area (Å²) >= 11 is 0. The lowest BCUT2D eigenvalue weighted by Crippen LogP contribution is -2.38. The molecule has 5 rings (SSSR count). The lowest BCUT2D eigenvalue weighted by Gasteiger charge is -2.36. The summed E-state index contributed by atoms with van der Waals surface area (Å²) in [5, 5.41) is 0. The van der Waals surface area contributed by atoms with Crippen molar-refractivity contribution in [3.05, 3.63) is 81.8 Å². The first-order valence-corrected chi connectivity index (χ1v) is 16.2. The minimum Gasteiger partial charge on any atom is -0.465 e. The number of ketones is 1. The van der Waals surface area contributed by atoms with Crippen molar-refractivity contribution in [3.8, 4) is 6.01 Å². The van der Waals surface area contributed by atoms with E-state index in [9.17, 15) is 14.4 Å². The first kappa shape index (κ1) is 32.9. The van der Waals surface area contributed by atoms with Crippen LogP contribution < -0.4 is 16.2 Å². The number of nitrogens with zero attached hydrogens (tertiary/aromatic N) is 4. The van der Waals surface area contributed by atoms with E-state index in [0.29, 0.717) is 36.3 Å². The van der Waals surface area contributed by atoms with Crippen LogP contribution in [0.3, 0.4) is 0 Å². The minimum absolute atomic E-state index is 0.189. The van der Waals surface area contributed by atoms with E-state index in [1.807, 2.05) is 42.5 Å². The van der Waals surface area contributed by atoms with E-state index in [0.717, 1.165) is 69.3 Å². The van der Waals surface area contributed by atoms with E-state index in [1.54, 1.807) is 16.7 Å². The standard InChI is InChI=1S/C35H44N6O5/c1-3-4-22-46-34-38-31(36)30-32(39-34)41(35(44)37-30)19-9-8-18-40-20-16-26(17-21-40)29(28(42)23-24-10-6-5-7-11-24)25-12-14-27(15-13-25)33(43)45-2/h5-7,10-15,26,29H,3-4,8-9,16-23H2,1-2H3,(H,37,44)(H2,36,38,39). The van der Waals surface area contributed by atoms with Crippen molar-refractivity contribution >= 4 is 28.7 Å². The van der Waals surface area contributed by atoms with Gasteiger partial charge < -0.3 is 25.1 Å². The summed E-state index contributed by atoms with van der Waals surface area (Å²) in [6, 6.07) is 17.3. The Labute approximate surface area is 269 Å². The number of benzene rings is 2. The maximum atomic E-state index is 13.8. The maximum absolute atomic E-state index is 13.8. The van der Waals surface area contributed by atoms with Crippen LogP contribution in [0.4, 0.5) is 5.82 Å². The third-order valence-electron chi connectivity index (χ3n) is 8.83. The zero-order valence-electron chi connectivity index (χ0n) is 26.7. The molecule has 1 atom stereocenters. The highest BCUT2D eigenvalue weighted by Crippen LogP contribution is 2.35. The number of imidazole rings is 1. The molecule has 1 unspecified atom stereocenters. The van der Waals surface area contributed by atoms with Crippen molar-refractivity contribution in [2.45, 2.75) is 64.3 Å².